The molecule has 0 N–H and O–H groups in total. The number of hydrogen-bond donors (Lipinski definition) is 0. The van der Waals surface area contributed by atoms with Gasteiger partial charge in [-0.25, -0.2) is 9.37 Å². The highest BCUT2D eigenvalue weighted by molar-refractivity contribution is 5.92. The Balaban J connectivity index is 1.44. The summed E-state index contributed by atoms with van der Waals surface area (Å²) in [5.41, 5.74) is 3.44. The molecule has 31 heavy (non-hydrogen) atoms. The summed E-state index contributed by atoms with van der Waals surface area (Å²) in [7, 11) is 0. The van der Waals surface area contributed by atoms with E-state index in [1.54, 1.807) is 17.0 Å². The van der Waals surface area contributed by atoms with Gasteiger partial charge in [0, 0.05) is 45.0 Å². The van der Waals surface area contributed by atoms with Crippen molar-refractivity contribution in [2.75, 3.05) is 13.1 Å². The summed E-state index contributed by atoms with van der Waals surface area (Å²) in [6, 6.07) is 14.1. The molecule has 1 aliphatic rings. The van der Waals surface area contributed by atoms with Gasteiger partial charge in [0.2, 0.25) is 5.91 Å². The fraction of sp³-hybridized carbons (Fsp3) is 0.250. The first-order valence-corrected chi connectivity index (χ1v) is 10.2. The van der Waals surface area contributed by atoms with E-state index in [0.29, 0.717) is 13.1 Å². The number of carbonyl (C=O) groups excluding carboxylic acids is 2. The SMILES string of the molecule is O=C(CCN(Cc1ccc(F)cc1)C(=O)c1cnccn1)N1CCc2ccccc2C1. The van der Waals surface area contributed by atoms with Crippen molar-refractivity contribution in [3.63, 3.8) is 0 Å². The third-order valence-corrected chi connectivity index (χ3v) is 5.44. The van der Waals surface area contributed by atoms with Crippen LogP contribution in [0.2, 0.25) is 0 Å². The van der Waals surface area contributed by atoms with Crippen LogP contribution in [0.4, 0.5) is 4.39 Å². The zero-order valence-electron chi connectivity index (χ0n) is 17.1. The molecule has 4 rings (SSSR count). The second-order valence-electron chi connectivity index (χ2n) is 7.53. The van der Waals surface area contributed by atoms with Gasteiger partial charge in [0.1, 0.15) is 11.5 Å². The number of carbonyl (C=O) groups is 2. The number of aromatic nitrogens is 2. The maximum atomic E-state index is 13.3. The third kappa shape index (κ3) is 5.12. The van der Waals surface area contributed by atoms with Gasteiger partial charge in [0.25, 0.3) is 5.91 Å². The van der Waals surface area contributed by atoms with Crippen LogP contribution in [0.1, 0.15) is 33.6 Å². The van der Waals surface area contributed by atoms with Crippen LogP contribution in [0.3, 0.4) is 0 Å². The number of hydrogen-bond acceptors (Lipinski definition) is 4. The summed E-state index contributed by atoms with van der Waals surface area (Å²) >= 11 is 0. The Kier molecular flexibility index (Phi) is 6.31. The zero-order valence-corrected chi connectivity index (χ0v) is 17.1. The predicted octanol–water partition coefficient (Wildman–Crippen LogP) is 3.23. The average Bonchev–Trinajstić information content (AvgIpc) is 2.82. The number of nitrogens with zero attached hydrogens (tertiary/aromatic N) is 4. The molecule has 3 aromatic rings. The van der Waals surface area contributed by atoms with Crippen molar-refractivity contribution in [3.05, 3.63) is 95.3 Å². The van der Waals surface area contributed by atoms with Crippen LogP contribution in [0.15, 0.2) is 67.1 Å². The van der Waals surface area contributed by atoms with E-state index in [9.17, 15) is 14.0 Å². The molecule has 158 valence electrons. The molecule has 1 aromatic heterocycles. The van der Waals surface area contributed by atoms with Crippen molar-refractivity contribution in [1.82, 2.24) is 19.8 Å². The minimum Gasteiger partial charge on any atom is -0.338 e. The smallest absolute Gasteiger partial charge is 0.274 e. The molecule has 0 atom stereocenters. The molecule has 0 radical (unpaired) electrons. The summed E-state index contributed by atoms with van der Waals surface area (Å²) in [6.07, 6.45) is 5.40. The molecule has 0 aliphatic carbocycles. The van der Waals surface area contributed by atoms with E-state index in [0.717, 1.165) is 12.0 Å². The van der Waals surface area contributed by atoms with E-state index >= 15 is 0 Å². The number of rotatable bonds is 6. The molecule has 2 amide bonds. The molecule has 7 heteroatoms. The monoisotopic (exact) mass is 418 g/mol. The first kappa shape index (κ1) is 20.7. The second kappa shape index (κ2) is 9.47. The third-order valence-electron chi connectivity index (χ3n) is 5.44. The minimum absolute atomic E-state index is 0.00514. The lowest BCUT2D eigenvalue weighted by molar-refractivity contribution is -0.132. The van der Waals surface area contributed by atoms with Crippen molar-refractivity contribution in [2.24, 2.45) is 0 Å². The second-order valence-corrected chi connectivity index (χ2v) is 7.53. The lowest BCUT2D eigenvalue weighted by atomic mass is 10.00. The molecule has 0 bridgehead atoms. The summed E-state index contributed by atoms with van der Waals surface area (Å²) in [4.78, 5) is 37.3. The van der Waals surface area contributed by atoms with Crippen molar-refractivity contribution in [3.8, 4) is 0 Å². The summed E-state index contributed by atoms with van der Waals surface area (Å²) in [6.45, 7) is 1.76. The molecule has 0 spiro atoms. The van der Waals surface area contributed by atoms with E-state index in [1.807, 2.05) is 23.1 Å². The van der Waals surface area contributed by atoms with Crippen molar-refractivity contribution in [2.45, 2.75) is 25.9 Å². The van der Waals surface area contributed by atoms with E-state index < -0.39 is 0 Å². The van der Waals surface area contributed by atoms with Crippen LogP contribution in [0.5, 0.6) is 0 Å². The van der Waals surface area contributed by atoms with Crippen LogP contribution in [-0.4, -0.2) is 44.7 Å². The number of fused-ring (bicyclic) bond motifs is 1. The zero-order chi connectivity index (χ0) is 21.6. The molecule has 0 unspecified atom stereocenters. The first-order valence-electron chi connectivity index (χ1n) is 10.2. The topological polar surface area (TPSA) is 66.4 Å². The molecule has 0 fully saturated rings. The van der Waals surface area contributed by atoms with E-state index in [4.69, 9.17) is 0 Å². The molecule has 0 saturated heterocycles. The molecule has 2 aromatic carbocycles. The van der Waals surface area contributed by atoms with Crippen LogP contribution in [0.25, 0.3) is 0 Å². The summed E-state index contributed by atoms with van der Waals surface area (Å²) < 4.78 is 13.3. The predicted molar refractivity (Wildman–Crippen MR) is 113 cm³/mol. The summed E-state index contributed by atoms with van der Waals surface area (Å²) in [5, 5.41) is 0. The average molecular weight is 418 g/mol. The Morgan fingerprint density at radius 2 is 1.81 bits per heavy atom. The highest BCUT2D eigenvalue weighted by Gasteiger charge is 2.23. The Morgan fingerprint density at radius 3 is 2.55 bits per heavy atom. The molecule has 2 heterocycles. The van der Waals surface area contributed by atoms with Crippen molar-refractivity contribution in [1.29, 1.82) is 0 Å². The number of benzene rings is 2. The van der Waals surface area contributed by atoms with Gasteiger partial charge < -0.3 is 9.80 Å². The molecule has 0 saturated carbocycles. The Bertz CT molecular complexity index is 1060. The van der Waals surface area contributed by atoms with Crippen LogP contribution < -0.4 is 0 Å². The lowest BCUT2D eigenvalue weighted by Gasteiger charge is -2.30. The van der Waals surface area contributed by atoms with E-state index in [-0.39, 0.29) is 42.8 Å². The maximum Gasteiger partial charge on any atom is 0.274 e. The van der Waals surface area contributed by atoms with Crippen LogP contribution in [0, 0.1) is 5.82 Å². The largest absolute Gasteiger partial charge is 0.338 e. The number of amides is 2. The van der Waals surface area contributed by atoms with Gasteiger partial charge >= 0.3 is 0 Å². The van der Waals surface area contributed by atoms with Crippen LogP contribution in [-0.2, 0) is 24.3 Å². The highest BCUT2D eigenvalue weighted by Crippen LogP contribution is 2.19. The van der Waals surface area contributed by atoms with E-state index in [1.165, 1.54) is 41.9 Å². The molecular formula is C24H23FN4O2. The van der Waals surface area contributed by atoms with Gasteiger partial charge in [-0.1, -0.05) is 36.4 Å². The molecule has 6 nitrogen and oxygen atoms in total. The van der Waals surface area contributed by atoms with Gasteiger partial charge in [-0.2, -0.15) is 0 Å². The van der Waals surface area contributed by atoms with Gasteiger partial charge in [0.15, 0.2) is 0 Å². The van der Waals surface area contributed by atoms with Gasteiger partial charge in [0.05, 0.1) is 6.20 Å². The highest BCUT2D eigenvalue weighted by atomic mass is 19.1. The quantitative estimate of drug-likeness (QED) is 0.617. The minimum atomic E-state index is -0.337. The van der Waals surface area contributed by atoms with Crippen molar-refractivity contribution >= 4 is 11.8 Å². The standard InChI is InChI=1S/C24H23FN4O2/c25-21-7-5-18(6-8-21)16-29(24(31)22-15-26-11-12-27-22)14-10-23(30)28-13-9-19-3-1-2-4-20(19)17-28/h1-8,11-12,15H,9-10,13-14,16-17H2. The molecular weight excluding hydrogens is 395 g/mol. The fourth-order valence-corrected chi connectivity index (χ4v) is 3.73. The fourth-order valence-electron chi connectivity index (χ4n) is 3.73. The van der Waals surface area contributed by atoms with Crippen LogP contribution >= 0.6 is 0 Å². The first-order chi connectivity index (χ1) is 15.1. The van der Waals surface area contributed by atoms with Gasteiger partial charge in [-0.15, -0.1) is 0 Å². The normalized spacial score (nSPS) is 12.9. The number of halogens is 1. The molecule has 1 aliphatic heterocycles. The Morgan fingerprint density at radius 1 is 1.03 bits per heavy atom. The Hall–Kier alpha value is -3.61. The maximum absolute atomic E-state index is 13.3. The van der Waals surface area contributed by atoms with Gasteiger partial charge in [-0.3, -0.25) is 14.6 Å². The van der Waals surface area contributed by atoms with Crippen molar-refractivity contribution < 1.29 is 14.0 Å². The Labute approximate surface area is 180 Å². The van der Waals surface area contributed by atoms with E-state index in [2.05, 4.69) is 16.0 Å². The van der Waals surface area contributed by atoms with Gasteiger partial charge in [-0.05, 0) is 35.2 Å². The lowest BCUT2D eigenvalue weighted by Crippen LogP contribution is -2.39. The summed E-state index contributed by atoms with van der Waals surface area (Å²) in [5.74, 6) is -0.643.